The minimum Gasteiger partial charge on any atom is -0.450 e. The number of ether oxygens (including phenoxy) is 1. The van der Waals surface area contributed by atoms with Gasteiger partial charge in [-0.25, -0.2) is 9.78 Å². The quantitative estimate of drug-likeness (QED) is 0.242. The van der Waals surface area contributed by atoms with Crippen LogP contribution < -0.4 is 0 Å². The number of hydrogen-bond donors (Lipinski definition) is 0. The lowest BCUT2D eigenvalue weighted by Gasteiger charge is -2.17. The molecule has 0 aliphatic heterocycles. The van der Waals surface area contributed by atoms with Crippen molar-refractivity contribution in [1.29, 1.82) is 0 Å². The molecule has 0 spiro atoms. The minimum atomic E-state index is -0.847. The number of carbonyl (C=O) groups excluding carboxylic acids is 2. The zero-order chi connectivity index (χ0) is 23.4. The first-order valence-corrected chi connectivity index (χ1v) is 11.3. The van der Waals surface area contributed by atoms with Crippen LogP contribution >= 0.6 is 0 Å². The van der Waals surface area contributed by atoms with E-state index in [1.165, 1.54) is 5.56 Å². The summed E-state index contributed by atoms with van der Waals surface area (Å²) in [6, 6.07) is 24.6. The van der Waals surface area contributed by atoms with Crippen LogP contribution in [0.25, 0.3) is 22.2 Å². The van der Waals surface area contributed by atoms with Crippen molar-refractivity contribution in [1.82, 2.24) is 4.98 Å². The van der Waals surface area contributed by atoms with E-state index in [1.807, 2.05) is 50.2 Å². The van der Waals surface area contributed by atoms with Crippen molar-refractivity contribution in [2.75, 3.05) is 0 Å². The molecule has 4 nitrogen and oxygen atoms in total. The Morgan fingerprint density at radius 2 is 1.64 bits per heavy atom. The first-order chi connectivity index (χ1) is 16.0. The van der Waals surface area contributed by atoms with Gasteiger partial charge in [-0.3, -0.25) is 4.79 Å². The summed E-state index contributed by atoms with van der Waals surface area (Å²) in [6.07, 6.45) is 0.503. The summed E-state index contributed by atoms with van der Waals surface area (Å²) in [7, 11) is 0. The van der Waals surface area contributed by atoms with Crippen LogP contribution in [0.15, 0.2) is 78.9 Å². The van der Waals surface area contributed by atoms with Gasteiger partial charge in [-0.1, -0.05) is 86.6 Å². The molecule has 4 aromatic rings. The molecule has 166 valence electrons. The third-order valence-electron chi connectivity index (χ3n) is 5.89. The third kappa shape index (κ3) is 4.70. The van der Waals surface area contributed by atoms with Gasteiger partial charge in [-0.05, 0) is 37.0 Å². The van der Waals surface area contributed by atoms with E-state index >= 15 is 0 Å². The van der Waals surface area contributed by atoms with Gasteiger partial charge >= 0.3 is 5.97 Å². The van der Waals surface area contributed by atoms with Crippen LogP contribution in [0.3, 0.4) is 0 Å². The van der Waals surface area contributed by atoms with Gasteiger partial charge in [0.1, 0.15) is 0 Å². The van der Waals surface area contributed by atoms with E-state index in [0.717, 1.165) is 28.5 Å². The number of Topliss-reactive ketones (excluding diaryl/α,β-unsaturated/α-hetero) is 1. The van der Waals surface area contributed by atoms with Gasteiger partial charge < -0.3 is 4.74 Å². The number of nitrogens with zero attached hydrogens (tertiary/aromatic N) is 1. The maximum atomic E-state index is 13.4. The van der Waals surface area contributed by atoms with Crippen molar-refractivity contribution in [2.24, 2.45) is 0 Å². The molecule has 1 atom stereocenters. The molecule has 3 aromatic carbocycles. The van der Waals surface area contributed by atoms with Crippen molar-refractivity contribution in [2.45, 2.75) is 39.7 Å². The summed E-state index contributed by atoms with van der Waals surface area (Å²) < 4.78 is 5.76. The Morgan fingerprint density at radius 3 is 2.30 bits per heavy atom. The van der Waals surface area contributed by atoms with Gasteiger partial charge in [0.05, 0.1) is 16.8 Å². The molecule has 0 N–H and O–H groups in total. The second-order valence-electron chi connectivity index (χ2n) is 8.11. The SMILES string of the molecule is CCc1ccc(-c2cc(C(=O)O[C@H](CC)C(=O)c3ccccc3)c3cccc(C)c3n2)cc1. The number of para-hydroxylation sites is 1. The van der Waals surface area contributed by atoms with Crippen LogP contribution in [0.1, 0.15) is 52.1 Å². The highest BCUT2D eigenvalue weighted by atomic mass is 16.5. The van der Waals surface area contributed by atoms with Gasteiger partial charge in [0.25, 0.3) is 0 Å². The molecular formula is C29H27NO3. The molecule has 4 heteroatoms. The Balaban J connectivity index is 1.74. The summed E-state index contributed by atoms with van der Waals surface area (Å²) in [6.45, 7) is 5.93. The molecule has 0 amide bonds. The highest BCUT2D eigenvalue weighted by molar-refractivity contribution is 6.07. The Kier molecular flexibility index (Phi) is 6.64. The summed E-state index contributed by atoms with van der Waals surface area (Å²) in [5.74, 6) is -0.716. The first-order valence-electron chi connectivity index (χ1n) is 11.3. The van der Waals surface area contributed by atoms with Crippen molar-refractivity contribution in [3.63, 3.8) is 0 Å². The first kappa shape index (κ1) is 22.4. The van der Waals surface area contributed by atoms with Crippen LogP contribution in [0.2, 0.25) is 0 Å². The number of aromatic nitrogens is 1. The number of hydrogen-bond acceptors (Lipinski definition) is 4. The number of rotatable bonds is 7. The molecule has 0 radical (unpaired) electrons. The molecule has 0 saturated carbocycles. The van der Waals surface area contributed by atoms with Crippen molar-refractivity contribution < 1.29 is 14.3 Å². The molecular weight excluding hydrogens is 410 g/mol. The van der Waals surface area contributed by atoms with Gasteiger partial charge in [0, 0.05) is 16.5 Å². The lowest BCUT2D eigenvalue weighted by atomic mass is 10.0. The average Bonchev–Trinajstić information content (AvgIpc) is 2.87. The van der Waals surface area contributed by atoms with E-state index in [0.29, 0.717) is 23.2 Å². The molecule has 0 saturated heterocycles. The van der Waals surface area contributed by atoms with E-state index in [4.69, 9.17) is 9.72 Å². The highest BCUT2D eigenvalue weighted by Gasteiger charge is 2.25. The molecule has 0 bridgehead atoms. The summed E-state index contributed by atoms with van der Waals surface area (Å²) >= 11 is 0. The van der Waals surface area contributed by atoms with Crippen LogP contribution in [0, 0.1) is 6.92 Å². The second kappa shape index (κ2) is 9.78. The van der Waals surface area contributed by atoms with Gasteiger partial charge in [-0.2, -0.15) is 0 Å². The third-order valence-corrected chi connectivity index (χ3v) is 5.89. The fraction of sp³-hybridized carbons (Fsp3) is 0.207. The summed E-state index contributed by atoms with van der Waals surface area (Å²) in [4.78, 5) is 31.1. The number of benzene rings is 3. The molecule has 0 aliphatic rings. The number of ketones is 1. The lowest BCUT2D eigenvalue weighted by molar-refractivity contribution is 0.0279. The normalized spacial score (nSPS) is 11.8. The van der Waals surface area contributed by atoms with Crippen LogP contribution in [0.5, 0.6) is 0 Å². The lowest BCUT2D eigenvalue weighted by Crippen LogP contribution is -2.27. The predicted octanol–water partition coefficient (Wildman–Crippen LogP) is 6.59. The average molecular weight is 438 g/mol. The topological polar surface area (TPSA) is 56.3 Å². The molecule has 1 heterocycles. The van der Waals surface area contributed by atoms with E-state index in [9.17, 15) is 9.59 Å². The van der Waals surface area contributed by atoms with Gasteiger partial charge in [0.2, 0.25) is 5.78 Å². The van der Waals surface area contributed by atoms with E-state index in [-0.39, 0.29) is 5.78 Å². The summed E-state index contributed by atoms with van der Waals surface area (Å²) in [5, 5.41) is 0.718. The fourth-order valence-corrected chi connectivity index (χ4v) is 3.92. The molecule has 0 aliphatic carbocycles. The number of pyridine rings is 1. The van der Waals surface area contributed by atoms with Crippen molar-refractivity contribution >= 4 is 22.7 Å². The number of aryl methyl sites for hydroxylation is 2. The fourth-order valence-electron chi connectivity index (χ4n) is 3.92. The molecule has 33 heavy (non-hydrogen) atoms. The van der Waals surface area contributed by atoms with Crippen LogP contribution in [-0.2, 0) is 11.2 Å². The van der Waals surface area contributed by atoms with E-state index < -0.39 is 12.1 Å². The maximum absolute atomic E-state index is 13.4. The minimum absolute atomic E-state index is 0.198. The van der Waals surface area contributed by atoms with Crippen molar-refractivity contribution in [3.05, 3.63) is 101 Å². The standard InChI is InChI=1S/C29H27NO3/c1-4-20-14-16-21(17-15-20)25-18-24(23-13-9-10-19(3)27(23)30-25)29(32)33-26(5-2)28(31)22-11-7-6-8-12-22/h6-18,26H,4-5H2,1-3H3/t26-/m1/s1. The molecule has 1 aromatic heterocycles. The van der Waals surface area contributed by atoms with Crippen LogP contribution in [0.4, 0.5) is 0 Å². The Hall–Kier alpha value is -3.79. The number of esters is 1. The monoisotopic (exact) mass is 437 g/mol. The van der Waals surface area contributed by atoms with Gasteiger partial charge in [-0.15, -0.1) is 0 Å². The molecule has 0 unspecified atom stereocenters. The number of fused-ring (bicyclic) bond motifs is 1. The molecule has 4 rings (SSSR count). The van der Waals surface area contributed by atoms with E-state index in [1.54, 1.807) is 30.3 Å². The Labute approximate surface area is 194 Å². The zero-order valence-corrected chi connectivity index (χ0v) is 19.2. The van der Waals surface area contributed by atoms with E-state index in [2.05, 4.69) is 19.1 Å². The smallest absolute Gasteiger partial charge is 0.339 e. The van der Waals surface area contributed by atoms with Crippen LogP contribution in [-0.4, -0.2) is 22.8 Å². The maximum Gasteiger partial charge on any atom is 0.339 e. The Bertz CT molecular complexity index is 1290. The Morgan fingerprint density at radius 1 is 0.909 bits per heavy atom. The van der Waals surface area contributed by atoms with Gasteiger partial charge in [0.15, 0.2) is 6.10 Å². The zero-order valence-electron chi connectivity index (χ0n) is 19.2. The highest BCUT2D eigenvalue weighted by Crippen LogP contribution is 2.28. The molecule has 0 fully saturated rings. The summed E-state index contributed by atoms with van der Waals surface area (Å²) in [5.41, 5.74) is 5.54. The predicted molar refractivity (Wildman–Crippen MR) is 132 cm³/mol. The van der Waals surface area contributed by atoms with Crippen molar-refractivity contribution in [3.8, 4) is 11.3 Å². The number of carbonyl (C=O) groups is 2. The second-order valence-corrected chi connectivity index (χ2v) is 8.11. The largest absolute Gasteiger partial charge is 0.450 e.